The summed E-state index contributed by atoms with van der Waals surface area (Å²) < 4.78 is 42.4. The summed E-state index contributed by atoms with van der Waals surface area (Å²) in [6.07, 6.45) is 0. The number of methoxy groups -OCH3 is 1. The molecule has 0 aliphatic rings. The number of esters is 1. The third kappa shape index (κ3) is 3.31. The second kappa shape index (κ2) is 5.97. The summed E-state index contributed by atoms with van der Waals surface area (Å²) in [5.74, 6) is -3.25. The third-order valence-corrected chi connectivity index (χ3v) is 4.29. The standard InChI is InChI=1S/C11H12FNO6S/c1-13(6-10(14)19-2)20(17,18)9-5-7(12)3-4-8(9)11(15)16/h3-5H,6H2,1-2H3,(H,15,16). The molecule has 0 saturated carbocycles. The molecule has 110 valence electrons. The number of benzene rings is 1. The molecule has 0 atom stereocenters. The highest BCUT2D eigenvalue weighted by Gasteiger charge is 2.28. The molecule has 0 fully saturated rings. The van der Waals surface area contributed by atoms with Crippen LogP contribution in [0.5, 0.6) is 0 Å². The number of nitrogens with zero attached hydrogens (tertiary/aromatic N) is 1. The van der Waals surface area contributed by atoms with Crippen molar-refractivity contribution in [1.29, 1.82) is 0 Å². The van der Waals surface area contributed by atoms with Crippen LogP contribution in [0.4, 0.5) is 4.39 Å². The molecule has 20 heavy (non-hydrogen) atoms. The van der Waals surface area contributed by atoms with Crippen LogP contribution in [0.2, 0.25) is 0 Å². The zero-order valence-electron chi connectivity index (χ0n) is 10.7. The lowest BCUT2D eigenvalue weighted by molar-refractivity contribution is -0.140. The number of carboxylic acids is 1. The van der Waals surface area contributed by atoms with Crippen molar-refractivity contribution in [3.63, 3.8) is 0 Å². The molecule has 0 bridgehead atoms. The molecule has 1 aromatic rings. The first-order valence-electron chi connectivity index (χ1n) is 5.26. The number of hydrogen-bond donors (Lipinski definition) is 1. The fraction of sp³-hybridized carbons (Fsp3) is 0.273. The Labute approximate surface area is 114 Å². The van der Waals surface area contributed by atoms with Gasteiger partial charge in [0.2, 0.25) is 10.0 Å². The van der Waals surface area contributed by atoms with E-state index >= 15 is 0 Å². The van der Waals surface area contributed by atoms with Crippen LogP contribution in [-0.2, 0) is 19.6 Å². The lowest BCUT2D eigenvalue weighted by atomic mass is 10.2. The topological polar surface area (TPSA) is 101 Å². The average molecular weight is 305 g/mol. The predicted octanol–water partition coefficient (Wildman–Crippen LogP) is 0.317. The lowest BCUT2D eigenvalue weighted by Crippen LogP contribution is -2.33. The maximum absolute atomic E-state index is 13.2. The first kappa shape index (κ1) is 16.1. The minimum Gasteiger partial charge on any atom is -0.478 e. The number of sulfonamides is 1. The van der Waals surface area contributed by atoms with E-state index in [1.807, 2.05) is 0 Å². The van der Waals surface area contributed by atoms with Gasteiger partial charge in [-0.05, 0) is 18.2 Å². The lowest BCUT2D eigenvalue weighted by Gasteiger charge is -2.17. The largest absolute Gasteiger partial charge is 0.478 e. The number of likely N-dealkylation sites (N-methyl/N-ethyl adjacent to an activating group) is 1. The van der Waals surface area contributed by atoms with Crippen molar-refractivity contribution in [2.75, 3.05) is 20.7 Å². The van der Waals surface area contributed by atoms with Crippen LogP contribution in [0, 0.1) is 5.82 Å². The normalized spacial score (nSPS) is 11.4. The molecule has 1 N–H and O–H groups in total. The molecular weight excluding hydrogens is 293 g/mol. The van der Waals surface area contributed by atoms with Gasteiger partial charge in [-0.1, -0.05) is 0 Å². The van der Waals surface area contributed by atoms with Crippen molar-refractivity contribution in [2.24, 2.45) is 0 Å². The van der Waals surface area contributed by atoms with E-state index < -0.39 is 44.8 Å². The van der Waals surface area contributed by atoms with Crippen LogP contribution in [0.1, 0.15) is 10.4 Å². The first-order valence-corrected chi connectivity index (χ1v) is 6.70. The van der Waals surface area contributed by atoms with Gasteiger partial charge in [-0.2, -0.15) is 4.31 Å². The molecule has 0 spiro atoms. The maximum Gasteiger partial charge on any atom is 0.337 e. The van der Waals surface area contributed by atoms with Crippen LogP contribution < -0.4 is 0 Å². The zero-order valence-corrected chi connectivity index (χ0v) is 11.5. The number of halogens is 1. The van der Waals surface area contributed by atoms with Crippen LogP contribution in [0.25, 0.3) is 0 Å². The number of aromatic carboxylic acids is 1. The van der Waals surface area contributed by atoms with Gasteiger partial charge in [0.15, 0.2) is 0 Å². The fourth-order valence-corrected chi connectivity index (χ4v) is 2.69. The molecule has 7 nitrogen and oxygen atoms in total. The Kier molecular flexibility index (Phi) is 4.79. The Morgan fingerprint density at radius 3 is 2.50 bits per heavy atom. The second-order valence-electron chi connectivity index (χ2n) is 3.78. The Morgan fingerprint density at radius 1 is 1.40 bits per heavy atom. The second-order valence-corrected chi connectivity index (χ2v) is 5.80. The average Bonchev–Trinajstić information content (AvgIpc) is 2.37. The summed E-state index contributed by atoms with van der Waals surface area (Å²) >= 11 is 0. The molecule has 1 rings (SSSR count). The van der Waals surface area contributed by atoms with Gasteiger partial charge in [-0.25, -0.2) is 17.6 Å². The van der Waals surface area contributed by atoms with Gasteiger partial charge in [-0.15, -0.1) is 0 Å². The van der Waals surface area contributed by atoms with Crippen molar-refractivity contribution < 1.29 is 32.2 Å². The highest BCUT2D eigenvalue weighted by molar-refractivity contribution is 7.89. The van der Waals surface area contributed by atoms with Gasteiger partial charge in [0.25, 0.3) is 0 Å². The minimum atomic E-state index is -4.33. The number of rotatable bonds is 5. The zero-order chi connectivity index (χ0) is 15.5. The SMILES string of the molecule is COC(=O)CN(C)S(=O)(=O)c1cc(F)ccc1C(=O)O. The van der Waals surface area contributed by atoms with E-state index in [9.17, 15) is 22.4 Å². The van der Waals surface area contributed by atoms with Crippen LogP contribution in [0.15, 0.2) is 23.1 Å². The molecule has 0 unspecified atom stereocenters. The highest BCUT2D eigenvalue weighted by atomic mass is 32.2. The number of carboxylic acid groups (broad SMARTS) is 1. The van der Waals surface area contributed by atoms with Crippen molar-refractivity contribution >= 4 is 22.0 Å². The summed E-state index contributed by atoms with van der Waals surface area (Å²) in [7, 11) is -2.20. The van der Waals surface area contributed by atoms with E-state index in [-0.39, 0.29) is 0 Å². The quantitative estimate of drug-likeness (QED) is 0.786. The summed E-state index contributed by atoms with van der Waals surface area (Å²) in [5, 5.41) is 8.93. The fourth-order valence-electron chi connectivity index (χ4n) is 1.39. The summed E-state index contributed by atoms with van der Waals surface area (Å²) in [6.45, 7) is -0.617. The minimum absolute atomic E-state index is 0.580. The first-order chi connectivity index (χ1) is 9.20. The number of carbonyl (C=O) groups excluding carboxylic acids is 1. The number of carbonyl (C=O) groups is 2. The van der Waals surface area contributed by atoms with E-state index in [2.05, 4.69) is 4.74 Å². The van der Waals surface area contributed by atoms with Gasteiger partial charge in [0, 0.05) is 7.05 Å². The van der Waals surface area contributed by atoms with Gasteiger partial charge in [-0.3, -0.25) is 4.79 Å². The summed E-state index contributed by atoms with van der Waals surface area (Å²) in [5.41, 5.74) is -0.580. The molecule has 0 heterocycles. The van der Waals surface area contributed by atoms with Crippen molar-refractivity contribution in [1.82, 2.24) is 4.31 Å². The van der Waals surface area contributed by atoms with E-state index in [4.69, 9.17) is 5.11 Å². The Hall–Kier alpha value is -2.00. The molecule has 9 heteroatoms. The predicted molar refractivity (Wildman–Crippen MR) is 65.2 cm³/mol. The number of hydrogen-bond acceptors (Lipinski definition) is 5. The van der Waals surface area contributed by atoms with Gasteiger partial charge >= 0.3 is 11.9 Å². The molecule has 1 aromatic carbocycles. The Morgan fingerprint density at radius 2 is 2.00 bits per heavy atom. The van der Waals surface area contributed by atoms with Gasteiger partial charge in [0.1, 0.15) is 12.4 Å². The van der Waals surface area contributed by atoms with E-state index in [1.54, 1.807) is 0 Å². The molecule has 0 aliphatic carbocycles. The monoisotopic (exact) mass is 305 g/mol. The van der Waals surface area contributed by atoms with Crippen LogP contribution in [-0.4, -0.2) is 50.5 Å². The summed E-state index contributed by atoms with van der Waals surface area (Å²) in [4.78, 5) is 21.3. The molecule has 0 amide bonds. The van der Waals surface area contributed by atoms with Crippen LogP contribution in [0.3, 0.4) is 0 Å². The van der Waals surface area contributed by atoms with Gasteiger partial charge in [0.05, 0.1) is 17.6 Å². The molecule has 0 radical (unpaired) electrons. The smallest absolute Gasteiger partial charge is 0.337 e. The van der Waals surface area contributed by atoms with Crippen LogP contribution >= 0.6 is 0 Å². The highest BCUT2D eigenvalue weighted by Crippen LogP contribution is 2.20. The molecular formula is C11H12FNO6S. The van der Waals surface area contributed by atoms with E-state index in [1.165, 1.54) is 0 Å². The van der Waals surface area contributed by atoms with E-state index in [0.717, 1.165) is 26.3 Å². The summed E-state index contributed by atoms with van der Waals surface area (Å²) in [6, 6.07) is 2.27. The molecule has 0 saturated heterocycles. The van der Waals surface area contributed by atoms with Crippen molar-refractivity contribution in [3.05, 3.63) is 29.6 Å². The van der Waals surface area contributed by atoms with Crippen molar-refractivity contribution in [3.8, 4) is 0 Å². The molecule has 0 aliphatic heterocycles. The van der Waals surface area contributed by atoms with Gasteiger partial charge < -0.3 is 9.84 Å². The van der Waals surface area contributed by atoms with E-state index in [0.29, 0.717) is 10.4 Å². The number of ether oxygens (including phenoxy) is 1. The Bertz CT molecular complexity index is 642. The maximum atomic E-state index is 13.2. The Balaban J connectivity index is 3.31. The molecule has 0 aromatic heterocycles. The van der Waals surface area contributed by atoms with Crippen molar-refractivity contribution in [2.45, 2.75) is 4.90 Å². The third-order valence-electron chi connectivity index (χ3n) is 2.44.